The van der Waals surface area contributed by atoms with Gasteiger partial charge in [-0.15, -0.1) is 0 Å². The van der Waals surface area contributed by atoms with E-state index in [4.69, 9.17) is 0 Å². The summed E-state index contributed by atoms with van der Waals surface area (Å²) in [5.41, 5.74) is 7.62. The molecule has 1 heterocycles. The van der Waals surface area contributed by atoms with Crippen LogP contribution in [0.3, 0.4) is 0 Å². The zero-order chi connectivity index (χ0) is 21.5. The Bertz CT molecular complexity index is 665. The summed E-state index contributed by atoms with van der Waals surface area (Å²) in [7, 11) is 0. The van der Waals surface area contributed by atoms with Crippen LogP contribution in [0.1, 0.15) is 98.5 Å². The number of hydrogen-bond acceptors (Lipinski definition) is 1. The molecule has 29 heavy (non-hydrogen) atoms. The molecule has 0 atom stereocenters. The molecule has 0 nitrogen and oxygen atoms in total. The van der Waals surface area contributed by atoms with Crippen LogP contribution in [0.2, 0.25) is 0 Å². The Morgan fingerprint density at radius 1 is 0.759 bits per heavy atom. The maximum absolute atomic E-state index is 2.44. The van der Waals surface area contributed by atoms with E-state index in [0.29, 0.717) is 0 Å². The van der Waals surface area contributed by atoms with Crippen molar-refractivity contribution in [3.8, 4) is 0 Å². The molecule has 0 aromatic carbocycles. The summed E-state index contributed by atoms with van der Waals surface area (Å²) in [6, 6.07) is 2.24. The van der Waals surface area contributed by atoms with Crippen LogP contribution in [0, 0.1) is 5.92 Å². The average molecular weight is 413 g/mol. The quantitative estimate of drug-likeness (QED) is 0.267. The molecule has 0 saturated carbocycles. The first kappa shape index (κ1) is 25.7. The van der Waals surface area contributed by atoms with Crippen molar-refractivity contribution >= 4 is 11.3 Å². The van der Waals surface area contributed by atoms with Crippen molar-refractivity contribution in [2.45, 2.75) is 99.3 Å². The van der Waals surface area contributed by atoms with Crippen LogP contribution in [0.4, 0.5) is 0 Å². The number of allylic oxidation sites excluding steroid dienone is 8. The smallest absolute Gasteiger partial charge is 0.00611 e. The Kier molecular flexibility index (Phi) is 13.7. The molecule has 0 aliphatic rings. The molecule has 0 radical (unpaired) electrons. The van der Waals surface area contributed by atoms with Gasteiger partial charge in [0.05, 0.1) is 0 Å². The number of aryl methyl sites for hydroxylation is 1. The van der Waals surface area contributed by atoms with Crippen molar-refractivity contribution in [1.29, 1.82) is 0 Å². The summed E-state index contributed by atoms with van der Waals surface area (Å²) in [4.78, 5) is 0. The highest BCUT2D eigenvalue weighted by molar-refractivity contribution is 7.07. The first-order chi connectivity index (χ1) is 13.9. The van der Waals surface area contributed by atoms with Gasteiger partial charge in [0, 0.05) is 0 Å². The third-order valence-corrected chi connectivity index (χ3v) is 6.06. The molecule has 0 bridgehead atoms. The maximum atomic E-state index is 2.44. The molecule has 1 aromatic heterocycles. The van der Waals surface area contributed by atoms with Gasteiger partial charge in [0.1, 0.15) is 0 Å². The Morgan fingerprint density at radius 3 is 1.69 bits per heavy atom. The molecule has 0 amide bonds. The standard InChI is InChI=1S/C28H44S/c1-23(2)21-27(6)17-9-15-25(4)13-7-11-24(3)12-8-14-26(5)16-10-18-28-19-20-29-22-28/h12-13,16-17,19-20,22-23H,7-11,14-15,18,21H2,1-6H3. The molecule has 1 aromatic rings. The third-order valence-electron chi connectivity index (χ3n) is 5.33. The van der Waals surface area contributed by atoms with E-state index in [1.807, 2.05) is 0 Å². The number of thiophene rings is 1. The molecule has 0 unspecified atom stereocenters. The summed E-state index contributed by atoms with van der Waals surface area (Å²) >= 11 is 1.80. The summed E-state index contributed by atoms with van der Waals surface area (Å²) in [5.74, 6) is 0.767. The highest BCUT2D eigenvalue weighted by Gasteiger charge is 1.97. The molecular formula is C28H44S. The SMILES string of the molecule is CC(=CCCC(C)=CCCc1ccsc1)CCC=C(C)CCC=C(C)CC(C)C. The Hall–Kier alpha value is -1.34. The van der Waals surface area contributed by atoms with Gasteiger partial charge in [-0.3, -0.25) is 0 Å². The molecule has 1 rings (SSSR count). The van der Waals surface area contributed by atoms with Crippen molar-refractivity contribution in [3.63, 3.8) is 0 Å². The Morgan fingerprint density at radius 2 is 1.24 bits per heavy atom. The lowest BCUT2D eigenvalue weighted by atomic mass is 10.0. The van der Waals surface area contributed by atoms with Crippen LogP contribution >= 0.6 is 11.3 Å². The fourth-order valence-corrected chi connectivity index (χ4v) is 4.30. The minimum Gasteiger partial charge on any atom is -0.152 e. The molecule has 162 valence electrons. The van der Waals surface area contributed by atoms with Crippen molar-refractivity contribution in [3.05, 3.63) is 69.0 Å². The van der Waals surface area contributed by atoms with Crippen LogP contribution < -0.4 is 0 Å². The predicted molar refractivity (Wildman–Crippen MR) is 135 cm³/mol. The molecule has 1 heteroatoms. The van der Waals surface area contributed by atoms with E-state index in [-0.39, 0.29) is 0 Å². The van der Waals surface area contributed by atoms with E-state index in [9.17, 15) is 0 Å². The fraction of sp³-hybridized carbons (Fsp3) is 0.571. The Labute approximate surface area is 185 Å². The van der Waals surface area contributed by atoms with Gasteiger partial charge in [0.25, 0.3) is 0 Å². The highest BCUT2D eigenvalue weighted by Crippen LogP contribution is 2.16. The van der Waals surface area contributed by atoms with Crippen molar-refractivity contribution in [2.24, 2.45) is 5.92 Å². The van der Waals surface area contributed by atoms with Gasteiger partial charge in [-0.25, -0.2) is 0 Å². The molecule has 0 spiro atoms. The summed E-state index contributed by atoms with van der Waals surface area (Å²) < 4.78 is 0. The zero-order valence-electron chi connectivity index (χ0n) is 19.9. The normalized spacial score (nSPS) is 14.2. The van der Waals surface area contributed by atoms with Gasteiger partial charge in [-0.2, -0.15) is 11.3 Å². The molecule has 0 fully saturated rings. The second kappa shape index (κ2) is 15.5. The van der Waals surface area contributed by atoms with E-state index in [2.05, 4.69) is 82.7 Å². The van der Waals surface area contributed by atoms with Gasteiger partial charge in [-0.05, 0) is 114 Å². The second-order valence-corrected chi connectivity index (χ2v) is 9.87. The topological polar surface area (TPSA) is 0 Å². The molecule has 0 aliphatic carbocycles. The largest absolute Gasteiger partial charge is 0.152 e. The molecule has 0 saturated heterocycles. The van der Waals surface area contributed by atoms with Gasteiger partial charge < -0.3 is 0 Å². The molecular weight excluding hydrogens is 368 g/mol. The Balaban J connectivity index is 2.19. The average Bonchev–Trinajstić information content (AvgIpc) is 3.14. The lowest BCUT2D eigenvalue weighted by Gasteiger charge is -2.05. The van der Waals surface area contributed by atoms with Gasteiger partial charge in [0.2, 0.25) is 0 Å². The summed E-state index contributed by atoms with van der Waals surface area (Å²) in [6.45, 7) is 13.7. The lowest BCUT2D eigenvalue weighted by molar-refractivity contribution is 0.640. The molecule has 0 N–H and O–H groups in total. The number of hydrogen-bond donors (Lipinski definition) is 0. The molecule has 0 aliphatic heterocycles. The van der Waals surface area contributed by atoms with Crippen LogP contribution in [0.15, 0.2) is 63.4 Å². The van der Waals surface area contributed by atoms with Gasteiger partial charge in [0.15, 0.2) is 0 Å². The van der Waals surface area contributed by atoms with E-state index < -0.39 is 0 Å². The minimum atomic E-state index is 0.767. The third kappa shape index (κ3) is 14.3. The van der Waals surface area contributed by atoms with Crippen LogP contribution in [0.25, 0.3) is 0 Å². The predicted octanol–water partition coefficient (Wildman–Crippen LogP) is 9.85. The van der Waals surface area contributed by atoms with E-state index in [1.54, 1.807) is 16.9 Å². The number of rotatable bonds is 14. The maximum Gasteiger partial charge on any atom is -0.00611 e. The van der Waals surface area contributed by atoms with Crippen LogP contribution in [0.5, 0.6) is 0 Å². The van der Waals surface area contributed by atoms with Gasteiger partial charge in [-0.1, -0.05) is 60.4 Å². The first-order valence-electron chi connectivity index (χ1n) is 11.5. The van der Waals surface area contributed by atoms with E-state index >= 15 is 0 Å². The first-order valence-corrected chi connectivity index (χ1v) is 12.4. The van der Waals surface area contributed by atoms with Crippen molar-refractivity contribution < 1.29 is 0 Å². The van der Waals surface area contributed by atoms with Crippen LogP contribution in [-0.4, -0.2) is 0 Å². The van der Waals surface area contributed by atoms with Crippen LogP contribution in [-0.2, 0) is 6.42 Å². The second-order valence-electron chi connectivity index (χ2n) is 9.09. The van der Waals surface area contributed by atoms with Crippen molar-refractivity contribution in [1.82, 2.24) is 0 Å². The zero-order valence-corrected chi connectivity index (χ0v) is 20.7. The van der Waals surface area contributed by atoms with E-state index in [0.717, 1.165) is 5.92 Å². The van der Waals surface area contributed by atoms with E-state index in [1.165, 1.54) is 80.1 Å². The van der Waals surface area contributed by atoms with Crippen molar-refractivity contribution in [2.75, 3.05) is 0 Å². The lowest BCUT2D eigenvalue weighted by Crippen LogP contribution is -1.88. The highest BCUT2D eigenvalue weighted by atomic mass is 32.1. The van der Waals surface area contributed by atoms with Gasteiger partial charge >= 0.3 is 0 Å². The minimum absolute atomic E-state index is 0.767. The monoisotopic (exact) mass is 412 g/mol. The summed E-state index contributed by atoms with van der Waals surface area (Å²) in [5, 5.41) is 4.43. The summed E-state index contributed by atoms with van der Waals surface area (Å²) in [6.07, 6.45) is 20.4. The fourth-order valence-electron chi connectivity index (χ4n) is 3.59.